The van der Waals surface area contributed by atoms with E-state index in [1.54, 1.807) is 31.2 Å². The number of para-hydroxylation sites is 1. The van der Waals surface area contributed by atoms with Crippen LogP contribution in [-0.2, 0) is 0 Å². The number of amides is 1. The van der Waals surface area contributed by atoms with Crippen molar-refractivity contribution in [3.8, 4) is 0 Å². The number of anilines is 1. The molecule has 26 heavy (non-hydrogen) atoms. The number of fused-ring (bicyclic) bond motifs is 1. The molecule has 0 aliphatic rings. The van der Waals surface area contributed by atoms with Gasteiger partial charge in [0.15, 0.2) is 10.9 Å². The number of nitro groups is 1. The van der Waals surface area contributed by atoms with E-state index < -0.39 is 10.8 Å². The molecule has 1 aromatic heterocycles. The summed E-state index contributed by atoms with van der Waals surface area (Å²) in [5.41, 5.74) is 2.34. The molecule has 0 unspecified atom stereocenters. The van der Waals surface area contributed by atoms with Crippen LogP contribution in [0.15, 0.2) is 46.9 Å². The molecule has 0 atom stereocenters. The zero-order valence-electron chi connectivity index (χ0n) is 14.0. The fourth-order valence-corrected chi connectivity index (χ4v) is 2.67. The molecule has 0 saturated carbocycles. The fourth-order valence-electron chi connectivity index (χ4n) is 2.46. The number of hydrogen-bond donors (Lipinski definition) is 2. The molecular weight excluding hydrogens is 354 g/mol. The van der Waals surface area contributed by atoms with Crippen LogP contribution in [0.4, 0.5) is 11.4 Å². The Kier molecular flexibility index (Phi) is 4.68. The van der Waals surface area contributed by atoms with E-state index in [1.807, 2.05) is 19.1 Å². The van der Waals surface area contributed by atoms with Crippen LogP contribution < -0.4 is 10.6 Å². The molecule has 2 N–H and O–H groups in total. The monoisotopic (exact) mass is 369 g/mol. The van der Waals surface area contributed by atoms with Crippen molar-refractivity contribution in [2.45, 2.75) is 13.8 Å². The van der Waals surface area contributed by atoms with Crippen molar-refractivity contribution in [2.75, 3.05) is 5.32 Å². The molecule has 3 aromatic rings. The minimum Gasteiger partial charge on any atom is -0.451 e. The van der Waals surface area contributed by atoms with Crippen LogP contribution in [0.5, 0.6) is 0 Å². The molecule has 0 bridgehead atoms. The second-order valence-electron chi connectivity index (χ2n) is 5.77. The predicted octanol–water partition coefficient (Wildman–Crippen LogP) is 4.08. The number of rotatable bonds is 3. The first-order valence-corrected chi connectivity index (χ1v) is 8.12. The van der Waals surface area contributed by atoms with Gasteiger partial charge in [-0.15, -0.1) is 0 Å². The minimum absolute atomic E-state index is 0.0539. The van der Waals surface area contributed by atoms with Gasteiger partial charge in [-0.2, -0.15) is 0 Å². The van der Waals surface area contributed by atoms with Gasteiger partial charge >= 0.3 is 0 Å². The van der Waals surface area contributed by atoms with Gasteiger partial charge in [0.25, 0.3) is 11.6 Å². The lowest BCUT2D eigenvalue weighted by Crippen LogP contribution is -2.34. The molecule has 0 aliphatic carbocycles. The first kappa shape index (κ1) is 17.6. The lowest BCUT2D eigenvalue weighted by molar-refractivity contribution is -0.384. The van der Waals surface area contributed by atoms with Gasteiger partial charge in [0, 0.05) is 11.5 Å². The molecule has 1 amide bonds. The van der Waals surface area contributed by atoms with Crippen LogP contribution in [0.1, 0.15) is 21.7 Å². The molecule has 0 aliphatic heterocycles. The molecule has 1 heterocycles. The Morgan fingerprint density at radius 2 is 1.85 bits per heavy atom. The molecule has 0 radical (unpaired) electrons. The van der Waals surface area contributed by atoms with Crippen molar-refractivity contribution in [1.82, 2.24) is 5.32 Å². The minimum atomic E-state index is -0.537. The van der Waals surface area contributed by atoms with E-state index in [-0.39, 0.29) is 22.2 Å². The van der Waals surface area contributed by atoms with Crippen molar-refractivity contribution in [2.24, 2.45) is 0 Å². The Morgan fingerprint density at radius 3 is 2.54 bits per heavy atom. The van der Waals surface area contributed by atoms with Gasteiger partial charge in [0.05, 0.1) is 4.92 Å². The molecule has 8 heteroatoms. The third-order valence-corrected chi connectivity index (χ3v) is 4.14. The van der Waals surface area contributed by atoms with Gasteiger partial charge in [-0.25, -0.2) is 0 Å². The summed E-state index contributed by atoms with van der Waals surface area (Å²) in [6.45, 7) is 3.62. The van der Waals surface area contributed by atoms with Gasteiger partial charge in [0.2, 0.25) is 0 Å². The number of nitro benzene ring substituents is 1. The zero-order chi connectivity index (χ0) is 18.8. The third-order valence-electron chi connectivity index (χ3n) is 3.93. The van der Waals surface area contributed by atoms with Gasteiger partial charge in [-0.05, 0) is 55.4 Å². The molecule has 0 spiro atoms. The molecule has 3 rings (SSSR count). The summed E-state index contributed by atoms with van der Waals surface area (Å²) < 4.78 is 5.47. The van der Waals surface area contributed by atoms with Crippen LogP contribution in [0.3, 0.4) is 0 Å². The largest absolute Gasteiger partial charge is 0.451 e. The van der Waals surface area contributed by atoms with Crippen LogP contribution in [0.25, 0.3) is 11.0 Å². The highest BCUT2D eigenvalue weighted by Crippen LogP contribution is 2.28. The molecule has 132 valence electrons. The van der Waals surface area contributed by atoms with E-state index in [4.69, 9.17) is 16.6 Å². The number of thiocarbonyl (C=S) groups is 1. The topological polar surface area (TPSA) is 97.4 Å². The van der Waals surface area contributed by atoms with Crippen molar-refractivity contribution < 1.29 is 14.1 Å². The van der Waals surface area contributed by atoms with Crippen molar-refractivity contribution >= 4 is 45.6 Å². The maximum Gasteiger partial charge on any atom is 0.293 e. The SMILES string of the molecule is Cc1cc(NC(=S)NC(=O)c2cc3ccccc3o2)c([N+](=O)[O-])cc1C. The normalized spacial score (nSPS) is 10.5. The van der Waals surface area contributed by atoms with E-state index in [1.165, 1.54) is 6.07 Å². The van der Waals surface area contributed by atoms with Crippen LogP contribution in [0.2, 0.25) is 0 Å². The summed E-state index contributed by atoms with van der Waals surface area (Å²) in [4.78, 5) is 23.0. The number of furan rings is 1. The molecule has 2 aromatic carbocycles. The maximum absolute atomic E-state index is 12.3. The lowest BCUT2D eigenvalue weighted by Gasteiger charge is -2.11. The second-order valence-corrected chi connectivity index (χ2v) is 6.18. The third kappa shape index (κ3) is 3.55. The average Bonchev–Trinajstić information content (AvgIpc) is 3.02. The summed E-state index contributed by atoms with van der Waals surface area (Å²) in [5, 5.41) is 17.2. The number of carbonyl (C=O) groups excluding carboxylic acids is 1. The van der Waals surface area contributed by atoms with E-state index in [0.717, 1.165) is 16.5 Å². The number of aryl methyl sites for hydroxylation is 2. The number of hydrogen-bond acceptors (Lipinski definition) is 5. The number of carbonyl (C=O) groups is 1. The first-order valence-electron chi connectivity index (χ1n) is 7.71. The summed E-state index contributed by atoms with van der Waals surface area (Å²) in [6, 6.07) is 11.9. The predicted molar refractivity (Wildman–Crippen MR) is 102 cm³/mol. The standard InChI is InChI=1S/C18H15N3O4S/c1-10-7-13(14(21(23)24)8-11(10)2)19-18(26)20-17(22)16-9-12-5-3-4-6-15(12)25-16/h3-9H,1-2H3,(H2,19,20,22,26). The highest BCUT2D eigenvalue weighted by atomic mass is 32.1. The maximum atomic E-state index is 12.3. The molecule has 0 fully saturated rings. The number of nitrogens with one attached hydrogen (secondary N) is 2. The van der Waals surface area contributed by atoms with Crippen LogP contribution in [-0.4, -0.2) is 15.9 Å². The molecule has 7 nitrogen and oxygen atoms in total. The fraction of sp³-hybridized carbons (Fsp3) is 0.111. The average molecular weight is 369 g/mol. The van der Waals surface area contributed by atoms with E-state index in [9.17, 15) is 14.9 Å². The Hall–Kier alpha value is -3.26. The molecular formula is C18H15N3O4S. The molecule has 0 saturated heterocycles. The summed E-state index contributed by atoms with van der Waals surface area (Å²) in [5.74, 6) is -0.435. The highest BCUT2D eigenvalue weighted by molar-refractivity contribution is 7.80. The van der Waals surface area contributed by atoms with Crippen LogP contribution in [0, 0.1) is 24.0 Å². The van der Waals surface area contributed by atoms with Gasteiger partial charge < -0.3 is 9.73 Å². The van der Waals surface area contributed by atoms with Gasteiger partial charge in [0.1, 0.15) is 11.3 Å². The number of benzene rings is 2. The Balaban J connectivity index is 1.77. The number of nitrogens with zero attached hydrogens (tertiary/aromatic N) is 1. The first-order chi connectivity index (χ1) is 12.3. The van der Waals surface area contributed by atoms with Crippen molar-refractivity contribution in [3.63, 3.8) is 0 Å². The van der Waals surface area contributed by atoms with E-state index >= 15 is 0 Å². The van der Waals surface area contributed by atoms with Crippen molar-refractivity contribution in [3.05, 3.63) is 69.5 Å². The Labute approximate surface area is 154 Å². The smallest absolute Gasteiger partial charge is 0.293 e. The zero-order valence-corrected chi connectivity index (χ0v) is 14.8. The second kappa shape index (κ2) is 6.93. The Bertz CT molecular complexity index is 1010. The van der Waals surface area contributed by atoms with Crippen molar-refractivity contribution in [1.29, 1.82) is 0 Å². The van der Waals surface area contributed by atoms with E-state index in [0.29, 0.717) is 5.58 Å². The summed E-state index contributed by atoms with van der Waals surface area (Å²) >= 11 is 5.11. The quantitative estimate of drug-likeness (QED) is 0.410. The lowest BCUT2D eigenvalue weighted by atomic mass is 10.1. The summed E-state index contributed by atoms with van der Waals surface area (Å²) in [7, 11) is 0. The van der Waals surface area contributed by atoms with E-state index in [2.05, 4.69) is 10.6 Å². The van der Waals surface area contributed by atoms with Gasteiger partial charge in [-0.1, -0.05) is 18.2 Å². The van der Waals surface area contributed by atoms with Crippen LogP contribution >= 0.6 is 12.2 Å². The summed E-state index contributed by atoms with van der Waals surface area (Å²) in [6.07, 6.45) is 0. The Morgan fingerprint density at radius 1 is 1.15 bits per heavy atom. The highest BCUT2D eigenvalue weighted by Gasteiger charge is 2.18. The van der Waals surface area contributed by atoms with Gasteiger partial charge in [-0.3, -0.25) is 20.2 Å².